The Bertz CT molecular complexity index is 1390. The maximum absolute atomic E-state index is 13.5. The van der Waals surface area contributed by atoms with Gasteiger partial charge in [0.25, 0.3) is 11.7 Å². The Morgan fingerprint density at radius 1 is 0.974 bits per heavy atom. The van der Waals surface area contributed by atoms with Crippen LogP contribution in [0.15, 0.2) is 72.3 Å². The lowest BCUT2D eigenvalue weighted by atomic mass is 9.93. The highest BCUT2D eigenvalue weighted by atomic mass is 16.5. The minimum absolute atomic E-state index is 0.0129. The van der Waals surface area contributed by atoms with Crippen LogP contribution in [-0.4, -0.2) is 29.5 Å². The maximum atomic E-state index is 13.5. The predicted molar refractivity (Wildman–Crippen MR) is 148 cm³/mol. The summed E-state index contributed by atoms with van der Waals surface area (Å²) in [5, 5.41) is 11.5. The van der Waals surface area contributed by atoms with Crippen LogP contribution in [0.3, 0.4) is 0 Å². The molecule has 38 heavy (non-hydrogen) atoms. The molecule has 1 saturated heterocycles. The molecule has 2 heterocycles. The van der Waals surface area contributed by atoms with Crippen molar-refractivity contribution in [2.24, 2.45) is 0 Å². The number of anilines is 1. The minimum atomic E-state index is -0.791. The van der Waals surface area contributed by atoms with Gasteiger partial charge in [0.05, 0.1) is 24.3 Å². The van der Waals surface area contributed by atoms with Gasteiger partial charge in [-0.1, -0.05) is 38.1 Å². The molecule has 0 aliphatic carbocycles. The lowest BCUT2D eigenvalue weighted by Crippen LogP contribution is -2.29. The fourth-order valence-electron chi connectivity index (χ4n) is 5.10. The number of carbonyl (C=O) groups excluding carboxylic acids is 2. The number of aryl methyl sites for hydroxylation is 1. The van der Waals surface area contributed by atoms with Crippen LogP contribution in [0, 0.1) is 0 Å². The molecule has 196 valence electrons. The number of aliphatic hydroxyl groups excluding tert-OH is 1. The summed E-state index contributed by atoms with van der Waals surface area (Å²) in [4.78, 5) is 28.5. The minimum Gasteiger partial charge on any atom is -0.507 e. The summed E-state index contributed by atoms with van der Waals surface area (Å²) in [6.45, 7) is 8.77. The van der Waals surface area contributed by atoms with Crippen molar-refractivity contribution in [3.8, 4) is 11.5 Å². The topological polar surface area (TPSA) is 76.1 Å². The second kappa shape index (κ2) is 10.4. The zero-order chi connectivity index (χ0) is 27.0. The molecular weight excluding hydrogens is 478 g/mol. The fourth-order valence-corrected chi connectivity index (χ4v) is 5.10. The molecule has 2 aliphatic heterocycles. The van der Waals surface area contributed by atoms with Crippen LogP contribution in [0.5, 0.6) is 11.5 Å². The van der Waals surface area contributed by atoms with Gasteiger partial charge in [-0.2, -0.15) is 0 Å². The molecule has 3 aromatic rings. The van der Waals surface area contributed by atoms with Crippen molar-refractivity contribution in [1.29, 1.82) is 0 Å². The summed E-state index contributed by atoms with van der Waals surface area (Å²) in [5.41, 5.74) is 3.97. The summed E-state index contributed by atoms with van der Waals surface area (Å²) in [6.07, 6.45) is 1.73. The molecule has 6 nitrogen and oxygen atoms in total. The van der Waals surface area contributed by atoms with Gasteiger partial charge in [-0.05, 0) is 91.8 Å². The van der Waals surface area contributed by atoms with Crippen molar-refractivity contribution >= 4 is 23.1 Å². The van der Waals surface area contributed by atoms with Crippen LogP contribution in [-0.2, 0) is 16.0 Å². The number of aliphatic hydroxyl groups is 1. The fraction of sp³-hybridized carbons (Fsp3) is 0.312. The molecule has 1 fully saturated rings. The summed E-state index contributed by atoms with van der Waals surface area (Å²) in [6, 6.07) is 19.6. The zero-order valence-corrected chi connectivity index (χ0v) is 22.2. The Kier molecular flexibility index (Phi) is 6.98. The third-order valence-corrected chi connectivity index (χ3v) is 7.03. The van der Waals surface area contributed by atoms with Gasteiger partial charge >= 0.3 is 0 Å². The standard InChI is InChI=1S/C32H33NO5/c1-19(2)21-7-12-25(13-8-21)33-29(22-9-14-26(15-10-22)38-20(3)4)28(31(35)32(33)36)30(34)24-11-16-27-23(18-24)6-5-17-37-27/h7-16,18-20,29,34H,5-6,17H2,1-4H3/b30-28-. The van der Waals surface area contributed by atoms with Crippen LogP contribution in [0.4, 0.5) is 5.69 Å². The summed E-state index contributed by atoms with van der Waals surface area (Å²) in [7, 11) is 0. The lowest BCUT2D eigenvalue weighted by molar-refractivity contribution is -0.132. The molecule has 0 radical (unpaired) electrons. The first-order valence-corrected chi connectivity index (χ1v) is 13.2. The molecule has 3 aromatic carbocycles. The Morgan fingerprint density at radius 2 is 1.68 bits per heavy atom. The van der Waals surface area contributed by atoms with Crippen molar-refractivity contribution in [3.63, 3.8) is 0 Å². The highest BCUT2D eigenvalue weighted by molar-refractivity contribution is 6.51. The van der Waals surface area contributed by atoms with E-state index in [1.54, 1.807) is 6.07 Å². The van der Waals surface area contributed by atoms with Crippen molar-refractivity contribution in [2.75, 3.05) is 11.5 Å². The van der Waals surface area contributed by atoms with Gasteiger partial charge in [0.2, 0.25) is 0 Å². The molecule has 5 rings (SSSR count). The van der Waals surface area contributed by atoms with E-state index in [0.717, 1.165) is 29.7 Å². The first kappa shape index (κ1) is 25.6. The highest BCUT2D eigenvalue weighted by Gasteiger charge is 2.47. The number of hydrogen-bond donors (Lipinski definition) is 1. The lowest BCUT2D eigenvalue weighted by Gasteiger charge is -2.26. The molecule has 1 atom stereocenters. The number of nitrogens with zero attached hydrogens (tertiary/aromatic N) is 1. The number of amides is 1. The van der Waals surface area contributed by atoms with Crippen molar-refractivity contribution in [2.45, 2.75) is 58.6 Å². The first-order valence-electron chi connectivity index (χ1n) is 13.2. The van der Waals surface area contributed by atoms with E-state index in [2.05, 4.69) is 13.8 Å². The zero-order valence-electron chi connectivity index (χ0n) is 22.2. The van der Waals surface area contributed by atoms with E-state index in [1.807, 2.05) is 74.5 Å². The van der Waals surface area contributed by atoms with E-state index >= 15 is 0 Å². The maximum Gasteiger partial charge on any atom is 0.300 e. The second-order valence-corrected chi connectivity index (χ2v) is 10.4. The molecule has 0 saturated carbocycles. The Balaban J connectivity index is 1.64. The van der Waals surface area contributed by atoms with Crippen LogP contribution in [0.2, 0.25) is 0 Å². The summed E-state index contributed by atoms with van der Waals surface area (Å²) < 4.78 is 11.5. The quantitative estimate of drug-likeness (QED) is 0.231. The Morgan fingerprint density at radius 3 is 2.34 bits per heavy atom. The summed E-state index contributed by atoms with van der Waals surface area (Å²) >= 11 is 0. The van der Waals surface area contributed by atoms with Crippen LogP contribution in [0.1, 0.15) is 68.3 Å². The third kappa shape index (κ3) is 4.78. The molecule has 6 heteroatoms. The van der Waals surface area contributed by atoms with Gasteiger partial charge in [0.1, 0.15) is 17.3 Å². The summed E-state index contributed by atoms with van der Waals surface area (Å²) in [5.74, 6) is 0.240. The Hall–Kier alpha value is -4.06. The first-order chi connectivity index (χ1) is 18.2. The molecule has 0 spiro atoms. The van der Waals surface area contributed by atoms with Crippen LogP contribution >= 0.6 is 0 Å². The van der Waals surface area contributed by atoms with E-state index in [9.17, 15) is 14.7 Å². The van der Waals surface area contributed by atoms with Crippen LogP contribution in [0.25, 0.3) is 5.76 Å². The van der Waals surface area contributed by atoms with E-state index in [1.165, 1.54) is 4.90 Å². The van der Waals surface area contributed by atoms with Gasteiger partial charge in [-0.3, -0.25) is 14.5 Å². The Labute approximate surface area is 223 Å². The molecule has 0 bridgehead atoms. The van der Waals surface area contributed by atoms with E-state index in [-0.39, 0.29) is 17.4 Å². The number of hydrogen-bond acceptors (Lipinski definition) is 5. The molecule has 2 aliphatic rings. The number of rotatable bonds is 6. The smallest absolute Gasteiger partial charge is 0.300 e. The predicted octanol–water partition coefficient (Wildman–Crippen LogP) is 6.55. The average Bonchev–Trinajstić information content (AvgIpc) is 3.18. The number of carbonyl (C=O) groups is 2. The molecule has 1 unspecified atom stereocenters. The highest BCUT2D eigenvalue weighted by Crippen LogP contribution is 2.43. The number of ether oxygens (including phenoxy) is 2. The molecule has 1 N–H and O–H groups in total. The second-order valence-electron chi connectivity index (χ2n) is 10.4. The number of fused-ring (bicyclic) bond motifs is 1. The van der Waals surface area contributed by atoms with Crippen molar-refractivity contribution in [1.82, 2.24) is 0 Å². The third-order valence-electron chi connectivity index (χ3n) is 7.03. The number of ketones is 1. The van der Waals surface area contributed by atoms with Crippen molar-refractivity contribution in [3.05, 3.63) is 94.6 Å². The molecule has 1 amide bonds. The molecular formula is C32H33NO5. The van der Waals surface area contributed by atoms with E-state index in [0.29, 0.717) is 35.1 Å². The normalized spacial score (nSPS) is 18.6. The van der Waals surface area contributed by atoms with Crippen molar-refractivity contribution < 1.29 is 24.2 Å². The largest absolute Gasteiger partial charge is 0.507 e. The van der Waals surface area contributed by atoms with Gasteiger partial charge in [0, 0.05) is 11.3 Å². The van der Waals surface area contributed by atoms with Crippen LogP contribution < -0.4 is 14.4 Å². The molecule has 0 aromatic heterocycles. The monoisotopic (exact) mass is 511 g/mol. The number of benzene rings is 3. The average molecular weight is 512 g/mol. The van der Waals surface area contributed by atoms with E-state index < -0.39 is 17.7 Å². The van der Waals surface area contributed by atoms with Gasteiger partial charge in [-0.15, -0.1) is 0 Å². The number of Topliss-reactive ketones (excluding diaryl/α,β-unsaturated/α-hetero) is 1. The van der Waals surface area contributed by atoms with Gasteiger partial charge < -0.3 is 14.6 Å². The van der Waals surface area contributed by atoms with Gasteiger partial charge in [-0.25, -0.2) is 0 Å². The van der Waals surface area contributed by atoms with Gasteiger partial charge in [0.15, 0.2) is 0 Å². The van der Waals surface area contributed by atoms with E-state index in [4.69, 9.17) is 9.47 Å². The SMILES string of the molecule is CC(C)Oc1ccc(C2/C(=C(/O)c3ccc4c(c3)CCCO4)C(=O)C(=O)N2c2ccc(C(C)C)cc2)cc1.